The molecular formula is C36H44N12O3. The molecule has 0 aliphatic rings. The molecule has 266 valence electrons. The first-order chi connectivity index (χ1) is 24.6. The number of carbonyl (C=O) groups is 3. The second-order valence-electron chi connectivity index (χ2n) is 12.5. The topological polar surface area (TPSA) is 171 Å². The van der Waals surface area contributed by atoms with Crippen LogP contribution in [-0.2, 0) is 31.0 Å². The predicted octanol–water partition coefficient (Wildman–Crippen LogP) is 4.89. The van der Waals surface area contributed by atoms with Gasteiger partial charge in [-0.25, -0.2) is 9.97 Å². The maximum Gasteiger partial charge on any atom is 0.276 e. The Labute approximate surface area is 295 Å². The van der Waals surface area contributed by atoms with E-state index in [9.17, 15) is 14.4 Å². The number of amides is 3. The summed E-state index contributed by atoms with van der Waals surface area (Å²) in [4.78, 5) is 49.1. The lowest BCUT2D eigenvalue weighted by Crippen LogP contribution is -2.25. The molecule has 15 heteroatoms. The van der Waals surface area contributed by atoms with Crippen LogP contribution in [0.3, 0.4) is 0 Å². The maximum absolute atomic E-state index is 13.5. The van der Waals surface area contributed by atoms with Crippen molar-refractivity contribution in [3.63, 3.8) is 0 Å². The number of para-hydroxylation sites is 1. The number of unbranched alkanes of at least 4 members (excludes halogenated alkanes) is 1. The highest BCUT2D eigenvalue weighted by Crippen LogP contribution is 2.28. The van der Waals surface area contributed by atoms with Crippen LogP contribution < -0.4 is 21.3 Å². The number of nitrogens with one attached hydrogen (secondary N) is 4. The third-order valence-electron chi connectivity index (χ3n) is 8.63. The maximum atomic E-state index is 13.5. The van der Waals surface area contributed by atoms with Crippen molar-refractivity contribution in [3.05, 3.63) is 76.9 Å². The summed E-state index contributed by atoms with van der Waals surface area (Å²) in [5, 5.41) is 20.7. The van der Waals surface area contributed by atoms with Crippen LogP contribution >= 0.6 is 0 Å². The van der Waals surface area contributed by atoms with Gasteiger partial charge in [-0.2, -0.15) is 10.2 Å². The van der Waals surface area contributed by atoms with Crippen molar-refractivity contribution in [2.45, 2.75) is 73.6 Å². The van der Waals surface area contributed by atoms with E-state index in [0.717, 1.165) is 39.9 Å². The van der Waals surface area contributed by atoms with Crippen molar-refractivity contribution in [2.75, 3.05) is 29.5 Å². The molecule has 0 spiro atoms. The van der Waals surface area contributed by atoms with E-state index in [1.807, 2.05) is 74.1 Å². The number of anilines is 3. The zero-order valence-corrected chi connectivity index (χ0v) is 29.9. The van der Waals surface area contributed by atoms with Gasteiger partial charge in [-0.05, 0) is 96.5 Å². The monoisotopic (exact) mass is 692 g/mol. The minimum atomic E-state index is -0.324. The summed E-state index contributed by atoms with van der Waals surface area (Å²) in [6, 6.07) is 15.2. The molecule has 6 aromatic rings. The van der Waals surface area contributed by atoms with Crippen LogP contribution in [0, 0.1) is 20.8 Å². The van der Waals surface area contributed by atoms with Crippen LogP contribution in [0.4, 0.5) is 17.6 Å². The third-order valence-corrected chi connectivity index (χ3v) is 8.63. The van der Waals surface area contributed by atoms with Crippen molar-refractivity contribution >= 4 is 57.4 Å². The molecule has 0 saturated carbocycles. The Morgan fingerprint density at radius 1 is 0.706 bits per heavy atom. The molecule has 4 heterocycles. The van der Waals surface area contributed by atoms with E-state index in [4.69, 9.17) is 9.97 Å². The summed E-state index contributed by atoms with van der Waals surface area (Å²) in [5.41, 5.74) is 7.11. The van der Waals surface area contributed by atoms with Gasteiger partial charge in [0.15, 0.2) is 0 Å². The van der Waals surface area contributed by atoms with Crippen LogP contribution in [0.1, 0.15) is 64.6 Å². The van der Waals surface area contributed by atoms with Crippen LogP contribution in [0.2, 0.25) is 0 Å². The first-order valence-corrected chi connectivity index (χ1v) is 17.2. The molecule has 3 amide bonds. The van der Waals surface area contributed by atoms with Gasteiger partial charge in [0.05, 0.1) is 40.2 Å². The van der Waals surface area contributed by atoms with E-state index in [1.165, 1.54) is 0 Å². The van der Waals surface area contributed by atoms with Gasteiger partial charge in [-0.3, -0.25) is 34.4 Å². The number of fused-ring (bicyclic) bond motifs is 2. The molecule has 4 aromatic heterocycles. The average Bonchev–Trinajstić information content (AvgIpc) is 3.86. The summed E-state index contributed by atoms with van der Waals surface area (Å²) in [5.74, 6) is 0.0367. The number of hydrogen-bond donors (Lipinski definition) is 4. The number of aromatic nitrogens is 8. The van der Waals surface area contributed by atoms with Gasteiger partial charge in [0.25, 0.3) is 11.8 Å². The second-order valence-corrected chi connectivity index (χ2v) is 12.5. The fourth-order valence-corrected chi connectivity index (χ4v) is 6.30. The standard InChI is InChI=1S/C36H44N12O3/c1-7-47-29(19-23(4)43-47)33(50)41-35-39-26-18-22(3)14-15-27(26)45(35)16-9-10-17-46-28-13-11-12-25(38-31(49)21-37-6)32(28)40-36(46)42-34(51)30-20-24(5)44-48(30)8-2/h11-15,18-20,37H,7-10,16-17,21H2,1-6H3,(H,38,49)(H,39,41,50)(H,40,42,51). The Bertz CT molecular complexity index is 2240. The molecule has 0 atom stereocenters. The SMILES string of the molecule is CCn1nc(C)cc1C(=O)Nc1nc2cc(C)ccc2n1CCCCn1c(NC(=O)c2cc(C)nn2CC)nc2c(NC(=O)CNC)cccc21. The highest BCUT2D eigenvalue weighted by atomic mass is 16.2. The van der Waals surface area contributed by atoms with Crippen molar-refractivity contribution in [2.24, 2.45) is 0 Å². The lowest BCUT2D eigenvalue weighted by atomic mass is 10.2. The Kier molecular flexibility index (Phi) is 10.3. The van der Waals surface area contributed by atoms with Crippen LogP contribution in [0.25, 0.3) is 22.1 Å². The summed E-state index contributed by atoms with van der Waals surface area (Å²) in [6.07, 6.45) is 1.43. The third kappa shape index (κ3) is 7.38. The highest BCUT2D eigenvalue weighted by molar-refractivity contribution is 6.05. The van der Waals surface area contributed by atoms with Crippen LogP contribution in [0.15, 0.2) is 48.5 Å². The molecular weight excluding hydrogens is 648 g/mol. The quantitative estimate of drug-likeness (QED) is 0.117. The van der Waals surface area contributed by atoms with E-state index in [-0.39, 0.29) is 24.3 Å². The normalized spacial score (nSPS) is 11.4. The largest absolute Gasteiger partial charge is 0.323 e. The Hall–Kier alpha value is -5.83. The second kappa shape index (κ2) is 15.0. The zero-order chi connectivity index (χ0) is 36.2. The summed E-state index contributed by atoms with van der Waals surface area (Å²) in [6.45, 7) is 12.0. The number of nitrogens with zero attached hydrogens (tertiary/aromatic N) is 8. The minimum absolute atomic E-state index is 0.147. The Morgan fingerprint density at radius 3 is 1.88 bits per heavy atom. The smallest absolute Gasteiger partial charge is 0.276 e. The molecule has 0 bridgehead atoms. The number of imidazole rings is 2. The van der Waals surface area contributed by atoms with Gasteiger partial charge in [0, 0.05) is 26.2 Å². The van der Waals surface area contributed by atoms with Crippen molar-refractivity contribution in [3.8, 4) is 0 Å². The van der Waals surface area contributed by atoms with E-state index in [0.29, 0.717) is 67.1 Å². The number of carbonyl (C=O) groups excluding carboxylic acids is 3. The molecule has 0 aliphatic carbocycles. The van der Waals surface area contributed by atoms with Gasteiger partial charge in [-0.1, -0.05) is 12.1 Å². The van der Waals surface area contributed by atoms with Gasteiger partial charge >= 0.3 is 0 Å². The number of benzene rings is 2. The number of hydrogen-bond acceptors (Lipinski definition) is 8. The van der Waals surface area contributed by atoms with Crippen molar-refractivity contribution in [1.29, 1.82) is 0 Å². The Morgan fingerprint density at radius 2 is 1.29 bits per heavy atom. The van der Waals surface area contributed by atoms with Crippen molar-refractivity contribution in [1.82, 2.24) is 44.0 Å². The molecule has 4 N–H and O–H groups in total. The van der Waals surface area contributed by atoms with E-state index >= 15 is 0 Å². The van der Waals surface area contributed by atoms with Gasteiger partial charge in [0.2, 0.25) is 17.8 Å². The molecule has 0 unspecified atom stereocenters. The predicted molar refractivity (Wildman–Crippen MR) is 197 cm³/mol. The van der Waals surface area contributed by atoms with E-state index < -0.39 is 0 Å². The first-order valence-electron chi connectivity index (χ1n) is 17.2. The number of rotatable bonds is 14. The van der Waals surface area contributed by atoms with Crippen LogP contribution in [0.5, 0.6) is 0 Å². The minimum Gasteiger partial charge on any atom is -0.323 e. The Balaban J connectivity index is 1.27. The molecule has 0 saturated heterocycles. The summed E-state index contributed by atoms with van der Waals surface area (Å²) in [7, 11) is 1.71. The lowest BCUT2D eigenvalue weighted by molar-refractivity contribution is -0.115. The fourth-order valence-electron chi connectivity index (χ4n) is 6.30. The van der Waals surface area contributed by atoms with E-state index in [1.54, 1.807) is 34.6 Å². The van der Waals surface area contributed by atoms with Gasteiger partial charge in [-0.15, -0.1) is 0 Å². The number of aryl methyl sites for hydroxylation is 7. The lowest BCUT2D eigenvalue weighted by Gasteiger charge is -2.13. The summed E-state index contributed by atoms with van der Waals surface area (Å²) < 4.78 is 7.34. The fraction of sp³-hybridized carbons (Fsp3) is 0.361. The average molecular weight is 693 g/mol. The molecule has 2 aromatic carbocycles. The molecule has 0 radical (unpaired) electrons. The molecule has 6 rings (SSSR count). The van der Waals surface area contributed by atoms with Crippen LogP contribution in [-0.4, -0.2) is 70.0 Å². The van der Waals surface area contributed by atoms with Gasteiger partial charge in [0.1, 0.15) is 16.9 Å². The molecule has 15 nitrogen and oxygen atoms in total. The molecule has 0 fully saturated rings. The van der Waals surface area contributed by atoms with Crippen molar-refractivity contribution < 1.29 is 14.4 Å². The summed E-state index contributed by atoms with van der Waals surface area (Å²) >= 11 is 0. The molecule has 51 heavy (non-hydrogen) atoms. The van der Waals surface area contributed by atoms with Gasteiger partial charge < -0.3 is 19.8 Å². The molecule has 0 aliphatic heterocycles. The zero-order valence-electron chi connectivity index (χ0n) is 29.9. The first kappa shape index (κ1) is 35.0. The number of likely N-dealkylation sites (N-methyl/N-ethyl adjacent to an activating group) is 1. The highest BCUT2D eigenvalue weighted by Gasteiger charge is 2.21. The van der Waals surface area contributed by atoms with E-state index in [2.05, 4.69) is 31.5 Å².